The topological polar surface area (TPSA) is 25.8 Å². The zero-order valence-electron chi connectivity index (χ0n) is 9.67. The van der Waals surface area contributed by atoms with Gasteiger partial charge in [0.25, 0.3) is 0 Å². The smallest absolute Gasteiger partial charge is 0.161 e. The predicted molar refractivity (Wildman–Crippen MR) is 79.3 cm³/mol. The van der Waals surface area contributed by atoms with Crippen LogP contribution in [0.5, 0.6) is 0 Å². The van der Waals surface area contributed by atoms with E-state index in [0.29, 0.717) is 11.0 Å². The molecule has 1 heterocycles. The summed E-state index contributed by atoms with van der Waals surface area (Å²) in [6, 6.07) is 8.27. The lowest BCUT2D eigenvalue weighted by Crippen LogP contribution is -1.96. The third-order valence-electron chi connectivity index (χ3n) is 2.60. The van der Waals surface area contributed by atoms with Crippen LogP contribution >= 0.6 is 34.2 Å². The molecule has 0 aliphatic heterocycles. The number of rotatable bonds is 2. The summed E-state index contributed by atoms with van der Waals surface area (Å²) in [5.74, 6) is 0.690. The van der Waals surface area contributed by atoms with Crippen molar-refractivity contribution in [2.24, 2.45) is 0 Å². The van der Waals surface area contributed by atoms with E-state index in [9.17, 15) is 0 Å². The quantitative estimate of drug-likeness (QED) is 0.592. The van der Waals surface area contributed by atoms with Gasteiger partial charge in [0.05, 0.1) is 9.26 Å². The Morgan fingerprint density at radius 2 is 1.82 bits per heavy atom. The molecule has 17 heavy (non-hydrogen) atoms. The average molecular weight is 359 g/mol. The highest BCUT2D eigenvalue weighted by atomic mass is 127. The highest BCUT2D eigenvalue weighted by Gasteiger charge is 2.08. The molecule has 0 amide bonds. The number of halogens is 2. The maximum atomic E-state index is 6.07. The molecule has 0 unspecified atom stereocenters. The summed E-state index contributed by atoms with van der Waals surface area (Å²) in [5.41, 5.74) is 3.23. The Balaban J connectivity index is 2.45. The van der Waals surface area contributed by atoms with Crippen LogP contribution in [0.3, 0.4) is 0 Å². The van der Waals surface area contributed by atoms with Crippen molar-refractivity contribution in [3.63, 3.8) is 0 Å². The summed E-state index contributed by atoms with van der Waals surface area (Å²) in [4.78, 5) is 8.76. The third kappa shape index (κ3) is 2.77. The van der Waals surface area contributed by atoms with Crippen LogP contribution in [-0.4, -0.2) is 9.97 Å². The van der Waals surface area contributed by atoms with Gasteiger partial charge < -0.3 is 0 Å². The minimum atomic E-state index is 0.521. The van der Waals surface area contributed by atoms with Crippen molar-refractivity contribution in [3.8, 4) is 11.4 Å². The highest BCUT2D eigenvalue weighted by Crippen LogP contribution is 2.23. The Morgan fingerprint density at radius 1 is 1.18 bits per heavy atom. The lowest BCUT2D eigenvalue weighted by Gasteiger charge is -2.05. The average Bonchev–Trinajstić information content (AvgIpc) is 2.35. The molecule has 0 radical (unpaired) electrons. The molecule has 2 rings (SSSR count). The molecular weight excluding hydrogens is 347 g/mol. The van der Waals surface area contributed by atoms with Gasteiger partial charge in [-0.1, -0.05) is 42.8 Å². The standard InChI is InChI=1S/C13H12ClIN2/c1-3-9-4-6-10(7-5-9)13-16-8(2)11(15)12(14)17-13/h4-7H,3H2,1-2H3. The van der Waals surface area contributed by atoms with E-state index in [2.05, 4.69) is 51.6 Å². The monoisotopic (exact) mass is 358 g/mol. The lowest BCUT2D eigenvalue weighted by atomic mass is 10.1. The largest absolute Gasteiger partial charge is 0.232 e. The van der Waals surface area contributed by atoms with Crippen molar-refractivity contribution in [2.75, 3.05) is 0 Å². The molecule has 0 N–H and O–H groups in total. The van der Waals surface area contributed by atoms with Crippen LogP contribution < -0.4 is 0 Å². The highest BCUT2D eigenvalue weighted by molar-refractivity contribution is 14.1. The molecular formula is C13H12ClIN2. The van der Waals surface area contributed by atoms with Crippen molar-refractivity contribution in [3.05, 3.63) is 44.2 Å². The van der Waals surface area contributed by atoms with Gasteiger partial charge >= 0.3 is 0 Å². The summed E-state index contributed by atoms with van der Waals surface area (Å²) in [6.07, 6.45) is 1.04. The van der Waals surface area contributed by atoms with Crippen molar-refractivity contribution >= 4 is 34.2 Å². The molecule has 0 saturated heterocycles. The van der Waals surface area contributed by atoms with E-state index in [1.165, 1.54) is 5.56 Å². The second-order valence-corrected chi connectivity index (χ2v) is 5.22. The minimum Gasteiger partial charge on any atom is -0.232 e. The summed E-state index contributed by atoms with van der Waals surface area (Å²) in [5, 5.41) is 0.521. The van der Waals surface area contributed by atoms with E-state index >= 15 is 0 Å². The molecule has 0 atom stereocenters. The molecule has 1 aromatic carbocycles. The number of benzene rings is 1. The van der Waals surface area contributed by atoms with Crippen molar-refractivity contribution in [1.82, 2.24) is 9.97 Å². The van der Waals surface area contributed by atoms with Gasteiger partial charge in [0, 0.05) is 5.56 Å². The maximum absolute atomic E-state index is 6.07. The molecule has 0 bridgehead atoms. The fraction of sp³-hybridized carbons (Fsp3) is 0.231. The summed E-state index contributed by atoms with van der Waals surface area (Å²) >= 11 is 8.23. The Bertz CT molecular complexity index is 515. The fourth-order valence-corrected chi connectivity index (χ4v) is 2.00. The molecule has 4 heteroatoms. The van der Waals surface area contributed by atoms with E-state index in [0.717, 1.165) is 21.2 Å². The molecule has 2 nitrogen and oxygen atoms in total. The van der Waals surface area contributed by atoms with E-state index in [1.807, 2.05) is 19.1 Å². The van der Waals surface area contributed by atoms with Crippen molar-refractivity contribution in [2.45, 2.75) is 20.3 Å². The van der Waals surface area contributed by atoms with Crippen LogP contribution in [0, 0.1) is 10.5 Å². The molecule has 1 aromatic heterocycles. The van der Waals surface area contributed by atoms with Gasteiger partial charge in [-0.05, 0) is 41.5 Å². The molecule has 0 fully saturated rings. The van der Waals surface area contributed by atoms with Gasteiger partial charge in [-0.25, -0.2) is 9.97 Å². The first-order chi connectivity index (χ1) is 8.11. The Kier molecular flexibility index (Phi) is 3.99. The first-order valence-corrected chi connectivity index (χ1v) is 6.86. The van der Waals surface area contributed by atoms with Gasteiger partial charge in [0.1, 0.15) is 5.15 Å². The molecule has 0 aliphatic rings. The molecule has 0 saturated carbocycles. The van der Waals surface area contributed by atoms with Crippen molar-refractivity contribution in [1.29, 1.82) is 0 Å². The number of hydrogen-bond acceptors (Lipinski definition) is 2. The SMILES string of the molecule is CCc1ccc(-c2nc(C)c(I)c(Cl)n2)cc1. The van der Waals surface area contributed by atoms with Crippen LogP contribution in [0.1, 0.15) is 18.2 Å². The molecule has 2 aromatic rings. The van der Waals surface area contributed by atoms with Gasteiger partial charge in [-0.3, -0.25) is 0 Å². The van der Waals surface area contributed by atoms with Gasteiger partial charge in [0.15, 0.2) is 5.82 Å². The van der Waals surface area contributed by atoms with E-state index < -0.39 is 0 Å². The number of aryl methyl sites for hydroxylation is 2. The van der Waals surface area contributed by atoms with Gasteiger partial charge in [0.2, 0.25) is 0 Å². The maximum Gasteiger partial charge on any atom is 0.161 e. The van der Waals surface area contributed by atoms with Crippen LogP contribution in [-0.2, 0) is 6.42 Å². The normalized spacial score (nSPS) is 10.6. The van der Waals surface area contributed by atoms with E-state index in [1.54, 1.807) is 0 Å². The lowest BCUT2D eigenvalue weighted by molar-refractivity contribution is 1.09. The van der Waals surface area contributed by atoms with Crippen LogP contribution in [0.2, 0.25) is 5.15 Å². The zero-order chi connectivity index (χ0) is 12.4. The minimum absolute atomic E-state index is 0.521. The molecule has 88 valence electrons. The summed E-state index contributed by atoms with van der Waals surface area (Å²) < 4.78 is 0.915. The number of nitrogens with zero attached hydrogens (tertiary/aromatic N) is 2. The number of aromatic nitrogens is 2. The first kappa shape index (κ1) is 12.8. The summed E-state index contributed by atoms with van der Waals surface area (Å²) in [7, 11) is 0. The van der Waals surface area contributed by atoms with Crippen LogP contribution in [0.4, 0.5) is 0 Å². The zero-order valence-corrected chi connectivity index (χ0v) is 12.6. The second-order valence-electron chi connectivity index (χ2n) is 3.79. The van der Waals surface area contributed by atoms with Crippen molar-refractivity contribution < 1.29 is 0 Å². The Morgan fingerprint density at radius 3 is 2.35 bits per heavy atom. The predicted octanol–water partition coefficient (Wildman–Crippen LogP) is 4.27. The van der Waals surface area contributed by atoms with Gasteiger partial charge in [-0.15, -0.1) is 0 Å². The molecule has 0 spiro atoms. The first-order valence-electron chi connectivity index (χ1n) is 5.40. The Labute approximate surface area is 120 Å². The van der Waals surface area contributed by atoms with E-state index in [-0.39, 0.29) is 0 Å². The van der Waals surface area contributed by atoms with E-state index in [4.69, 9.17) is 11.6 Å². The van der Waals surface area contributed by atoms with Crippen LogP contribution in [0.15, 0.2) is 24.3 Å². The second kappa shape index (κ2) is 5.31. The third-order valence-corrected chi connectivity index (χ3v) is 4.48. The number of hydrogen-bond donors (Lipinski definition) is 0. The summed E-state index contributed by atoms with van der Waals surface area (Å²) in [6.45, 7) is 4.08. The van der Waals surface area contributed by atoms with Gasteiger partial charge in [-0.2, -0.15) is 0 Å². The Hall–Kier alpha value is -0.680. The van der Waals surface area contributed by atoms with Crippen LogP contribution in [0.25, 0.3) is 11.4 Å². The molecule has 0 aliphatic carbocycles. The fourth-order valence-electron chi connectivity index (χ4n) is 1.54.